The zero-order chi connectivity index (χ0) is 34.1. The molecular formula is C38H42FN3O5S. The fraction of sp³-hybridized carbons (Fsp3) is 0.316. The number of nitrogens with one attached hydrogen (secondary N) is 1. The second-order valence-corrected chi connectivity index (χ2v) is 14.1. The van der Waals surface area contributed by atoms with Crippen LogP contribution in [-0.2, 0) is 32.6 Å². The smallest absolute Gasteiger partial charge is 0.264 e. The van der Waals surface area contributed by atoms with Crippen LogP contribution in [0.15, 0.2) is 108 Å². The fourth-order valence-electron chi connectivity index (χ4n) is 6.00. The molecule has 0 heterocycles. The number of amides is 2. The van der Waals surface area contributed by atoms with Crippen LogP contribution in [0.3, 0.4) is 0 Å². The maximum atomic E-state index is 14.6. The molecule has 1 saturated carbocycles. The Morgan fingerprint density at radius 1 is 0.854 bits per heavy atom. The standard InChI is InChI=1S/C38H42FN3O5S/c1-28-13-19-33(20-14-28)42(48(45,46)35-23-21-34(47-2)22-24-35)27-37(43)41(26-30-15-17-31(39)18-16-30)36(25-29-9-5-3-6-10-29)38(44)40-32-11-7-4-8-12-32/h3,5-6,9-10,13-24,32,36H,4,7-8,11-12,25-27H2,1-2H3,(H,40,44). The highest BCUT2D eigenvalue weighted by Crippen LogP contribution is 2.27. The topological polar surface area (TPSA) is 96.0 Å². The molecule has 48 heavy (non-hydrogen) atoms. The van der Waals surface area contributed by atoms with Gasteiger partial charge in [-0.2, -0.15) is 0 Å². The molecule has 0 radical (unpaired) electrons. The van der Waals surface area contributed by atoms with Crippen LogP contribution in [0.25, 0.3) is 0 Å². The summed E-state index contributed by atoms with van der Waals surface area (Å²) in [5.74, 6) is -0.813. The van der Waals surface area contributed by atoms with E-state index in [0.29, 0.717) is 17.0 Å². The van der Waals surface area contributed by atoms with Crippen molar-refractivity contribution in [2.75, 3.05) is 18.0 Å². The van der Waals surface area contributed by atoms with Crippen molar-refractivity contribution in [3.63, 3.8) is 0 Å². The second-order valence-electron chi connectivity index (χ2n) is 12.2. The normalized spacial score (nSPS) is 14.1. The van der Waals surface area contributed by atoms with Gasteiger partial charge in [0, 0.05) is 19.0 Å². The Kier molecular flexibility index (Phi) is 11.5. The monoisotopic (exact) mass is 671 g/mol. The molecule has 1 unspecified atom stereocenters. The van der Waals surface area contributed by atoms with Crippen LogP contribution in [0.5, 0.6) is 5.75 Å². The van der Waals surface area contributed by atoms with Crippen LogP contribution < -0.4 is 14.4 Å². The summed E-state index contributed by atoms with van der Waals surface area (Å²) in [5, 5.41) is 3.19. The van der Waals surface area contributed by atoms with Crippen LogP contribution in [0.4, 0.5) is 10.1 Å². The van der Waals surface area contributed by atoms with E-state index in [-0.39, 0.29) is 29.8 Å². The molecule has 1 N–H and O–H groups in total. The number of rotatable bonds is 13. The van der Waals surface area contributed by atoms with Crippen molar-refractivity contribution < 1.29 is 27.1 Å². The summed E-state index contributed by atoms with van der Waals surface area (Å²) in [4.78, 5) is 30.2. The number of anilines is 1. The number of ether oxygens (including phenoxy) is 1. The Labute approximate surface area is 282 Å². The fourth-order valence-corrected chi connectivity index (χ4v) is 7.41. The molecule has 0 aliphatic heterocycles. The number of benzene rings is 4. The van der Waals surface area contributed by atoms with Gasteiger partial charge in [-0.05, 0) is 79.4 Å². The SMILES string of the molecule is COc1ccc(S(=O)(=O)N(CC(=O)N(Cc2ccc(F)cc2)C(Cc2ccccc2)C(=O)NC2CCCCC2)c2ccc(C)cc2)cc1. The average molecular weight is 672 g/mol. The Morgan fingerprint density at radius 3 is 2.12 bits per heavy atom. The lowest BCUT2D eigenvalue weighted by Gasteiger charge is -2.35. The zero-order valence-electron chi connectivity index (χ0n) is 27.3. The molecule has 0 saturated heterocycles. The number of nitrogens with zero attached hydrogens (tertiary/aromatic N) is 2. The van der Waals surface area contributed by atoms with E-state index in [1.165, 1.54) is 36.3 Å². The highest BCUT2D eigenvalue weighted by Gasteiger charge is 2.35. The van der Waals surface area contributed by atoms with Gasteiger partial charge in [0.15, 0.2) is 0 Å². The Balaban J connectivity index is 1.55. The van der Waals surface area contributed by atoms with E-state index in [4.69, 9.17) is 4.74 Å². The molecule has 5 rings (SSSR count). The highest BCUT2D eigenvalue weighted by molar-refractivity contribution is 7.92. The zero-order valence-corrected chi connectivity index (χ0v) is 28.2. The summed E-state index contributed by atoms with van der Waals surface area (Å²) in [6.07, 6.45) is 5.07. The highest BCUT2D eigenvalue weighted by atomic mass is 32.2. The van der Waals surface area contributed by atoms with E-state index in [1.807, 2.05) is 37.3 Å². The van der Waals surface area contributed by atoms with Gasteiger partial charge < -0.3 is 15.0 Å². The molecule has 4 aromatic carbocycles. The number of halogens is 1. The summed E-state index contributed by atoms with van der Waals surface area (Å²) < 4.78 is 48.7. The van der Waals surface area contributed by atoms with E-state index in [2.05, 4.69) is 5.32 Å². The van der Waals surface area contributed by atoms with E-state index in [9.17, 15) is 22.4 Å². The molecule has 8 nitrogen and oxygen atoms in total. The first-order valence-corrected chi connectivity index (χ1v) is 17.7. The largest absolute Gasteiger partial charge is 0.497 e. The van der Waals surface area contributed by atoms with Crippen molar-refractivity contribution in [2.45, 2.75) is 69.0 Å². The molecule has 1 atom stereocenters. The van der Waals surface area contributed by atoms with Crippen LogP contribution in [-0.4, -0.2) is 50.9 Å². The molecular weight excluding hydrogens is 629 g/mol. The first-order chi connectivity index (χ1) is 23.1. The lowest BCUT2D eigenvalue weighted by molar-refractivity contribution is -0.140. The molecule has 2 amide bonds. The van der Waals surface area contributed by atoms with Crippen molar-refractivity contribution >= 4 is 27.5 Å². The summed E-state index contributed by atoms with van der Waals surface area (Å²) >= 11 is 0. The number of carbonyl (C=O) groups excluding carboxylic acids is 2. The summed E-state index contributed by atoms with van der Waals surface area (Å²) in [6, 6.07) is 27.0. The Bertz CT molecular complexity index is 1760. The van der Waals surface area contributed by atoms with Crippen LogP contribution >= 0.6 is 0 Å². The number of sulfonamides is 1. The molecule has 1 fully saturated rings. The molecule has 4 aromatic rings. The Morgan fingerprint density at radius 2 is 1.50 bits per heavy atom. The lowest BCUT2D eigenvalue weighted by atomic mass is 9.94. The molecule has 252 valence electrons. The maximum absolute atomic E-state index is 14.6. The minimum absolute atomic E-state index is 0.00759. The summed E-state index contributed by atoms with van der Waals surface area (Å²) in [7, 11) is -2.75. The first kappa shape index (κ1) is 34.6. The van der Waals surface area contributed by atoms with Crippen molar-refractivity contribution in [1.29, 1.82) is 0 Å². The summed E-state index contributed by atoms with van der Waals surface area (Å²) in [6.45, 7) is 1.29. The third kappa shape index (κ3) is 8.80. The van der Waals surface area contributed by atoms with E-state index >= 15 is 0 Å². The van der Waals surface area contributed by atoms with Crippen LogP contribution in [0.1, 0.15) is 48.8 Å². The van der Waals surface area contributed by atoms with Gasteiger partial charge in [0.05, 0.1) is 17.7 Å². The number of aryl methyl sites for hydroxylation is 1. The average Bonchev–Trinajstić information content (AvgIpc) is 3.10. The van der Waals surface area contributed by atoms with Gasteiger partial charge >= 0.3 is 0 Å². The van der Waals surface area contributed by atoms with Crippen molar-refractivity contribution in [2.24, 2.45) is 0 Å². The molecule has 0 bridgehead atoms. The van der Waals surface area contributed by atoms with Gasteiger partial charge in [-0.3, -0.25) is 13.9 Å². The quantitative estimate of drug-likeness (QED) is 0.177. The molecule has 0 aromatic heterocycles. The number of hydrogen-bond donors (Lipinski definition) is 1. The summed E-state index contributed by atoms with van der Waals surface area (Å²) in [5.41, 5.74) is 2.68. The van der Waals surface area contributed by atoms with E-state index in [1.54, 1.807) is 48.5 Å². The minimum atomic E-state index is -4.25. The second kappa shape index (κ2) is 15.9. The van der Waals surface area contributed by atoms with Gasteiger partial charge in [0.25, 0.3) is 10.0 Å². The van der Waals surface area contributed by atoms with Crippen molar-refractivity contribution in [3.05, 3.63) is 126 Å². The van der Waals surface area contributed by atoms with E-state index < -0.39 is 34.3 Å². The van der Waals surface area contributed by atoms with Gasteiger partial charge in [-0.25, -0.2) is 12.8 Å². The Hall–Kier alpha value is -4.70. The third-order valence-electron chi connectivity index (χ3n) is 8.74. The minimum Gasteiger partial charge on any atom is -0.497 e. The lowest BCUT2D eigenvalue weighted by Crippen LogP contribution is -2.55. The van der Waals surface area contributed by atoms with Gasteiger partial charge in [-0.15, -0.1) is 0 Å². The number of methoxy groups -OCH3 is 1. The van der Waals surface area contributed by atoms with Gasteiger partial charge in [0.2, 0.25) is 11.8 Å². The predicted octanol–water partition coefficient (Wildman–Crippen LogP) is 6.43. The molecule has 10 heteroatoms. The number of hydrogen-bond acceptors (Lipinski definition) is 5. The van der Waals surface area contributed by atoms with Crippen molar-refractivity contribution in [3.8, 4) is 5.75 Å². The maximum Gasteiger partial charge on any atom is 0.264 e. The van der Waals surface area contributed by atoms with Crippen molar-refractivity contribution in [1.82, 2.24) is 10.2 Å². The van der Waals surface area contributed by atoms with E-state index in [0.717, 1.165) is 47.5 Å². The predicted molar refractivity (Wildman–Crippen MR) is 185 cm³/mol. The van der Waals surface area contributed by atoms with Gasteiger partial charge in [-0.1, -0.05) is 79.4 Å². The first-order valence-electron chi connectivity index (χ1n) is 16.3. The van der Waals surface area contributed by atoms with Gasteiger partial charge in [0.1, 0.15) is 24.2 Å². The molecule has 0 spiro atoms. The molecule has 1 aliphatic rings. The van der Waals surface area contributed by atoms with Crippen LogP contribution in [0, 0.1) is 12.7 Å². The number of carbonyl (C=O) groups is 2. The third-order valence-corrected chi connectivity index (χ3v) is 10.5. The molecule has 1 aliphatic carbocycles. The van der Waals surface area contributed by atoms with Crippen LogP contribution in [0.2, 0.25) is 0 Å².